The molecular weight excluding hydrogens is 285 g/mol. The molecular formula is C14H19Cl2NO2. The Hall–Kier alpha value is -0.320. The summed E-state index contributed by atoms with van der Waals surface area (Å²) in [6.45, 7) is 4.04. The maximum absolute atomic E-state index is 10.5. The van der Waals surface area contributed by atoms with Crippen molar-refractivity contribution in [1.82, 2.24) is 5.32 Å². The van der Waals surface area contributed by atoms with E-state index in [0.29, 0.717) is 29.5 Å². The summed E-state index contributed by atoms with van der Waals surface area (Å²) in [6, 6.07) is 5.55. The monoisotopic (exact) mass is 303 g/mol. The number of hydrogen-bond acceptors (Lipinski definition) is 3. The van der Waals surface area contributed by atoms with E-state index < -0.39 is 5.60 Å². The standard InChI is InChI=1S/C14H19Cl2NO2/c1-14(18,8-12-9-19-5-4-17-12)7-10-2-3-11(15)6-13(10)16/h2-3,6,12,17-18H,4-5,7-9H2,1H3. The summed E-state index contributed by atoms with van der Waals surface area (Å²) in [5.41, 5.74) is 0.0864. The van der Waals surface area contributed by atoms with Crippen molar-refractivity contribution in [3.63, 3.8) is 0 Å². The van der Waals surface area contributed by atoms with E-state index in [1.807, 2.05) is 13.0 Å². The first-order valence-electron chi connectivity index (χ1n) is 6.44. The second kappa shape index (κ2) is 6.42. The Bertz CT molecular complexity index is 431. The molecule has 0 radical (unpaired) electrons. The van der Waals surface area contributed by atoms with E-state index in [1.54, 1.807) is 12.1 Å². The summed E-state index contributed by atoms with van der Waals surface area (Å²) in [4.78, 5) is 0. The molecule has 0 aliphatic carbocycles. The molecule has 0 saturated carbocycles. The van der Waals surface area contributed by atoms with E-state index in [2.05, 4.69) is 5.32 Å². The fraction of sp³-hybridized carbons (Fsp3) is 0.571. The smallest absolute Gasteiger partial charge is 0.0676 e. The van der Waals surface area contributed by atoms with Crippen LogP contribution in [0, 0.1) is 0 Å². The number of hydrogen-bond donors (Lipinski definition) is 2. The van der Waals surface area contributed by atoms with Gasteiger partial charge in [-0.2, -0.15) is 0 Å². The van der Waals surface area contributed by atoms with Gasteiger partial charge in [0.15, 0.2) is 0 Å². The van der Waals surface area contributed by atoms with Gasteiger partial charge in [0.2, 0.25) is 0 Å². The Morgan fingerprint density at radius 3 is 2.89 bits per heavy atom. The van der Waals surface area contributed by atoms with Crippen LogP contribution in [-0.2, 0) is 11.2 Å². The van der Waals surface area contributed by atoms with Gasteiger partial charge >= 0.3 is 0 Å². The molecule has 1 aliphatic rings. The average Bonchev–Trinajstić information content (AvgIpc) is 2.33. The van der Waals surface area contributed by atoms with Crippen molar-refractivity contribution in [3.8, 4) is 0 Å². The minimum Gasteiger partial charge on any atom is -0.390 e. The van der Waals surface area contributed by atoms with Gasteiger partial charge in [0.1, 0.15) is 0 Å². The summed E-state index contributed by atoms with van der Waals surface area (Å²) in [6.07, 6.45) is 1.13. The summed E-state index contributed by atoms with van der Waals surface area (Å²) in [5.74, 6) is 0. The van der Waals surface area contributed by atoms with E-state index in [1.165, 1.54) is 0 Å². The van der Waals surface area contributed by atoms with Gasteiger partial charge < -0.3 is 15.2 Å². The van der Waals surface area contributed by atoms with Crippen molar-refractivity contribution in [1.29, 1.82) is 0 Å². The molecule has 1 aromatic rings. The van der Waals surface area contributed by atoms with Gasteiger partial charge in [-0.15, -0.1) is 0 Å². The lowest BCUT2D eigenvalue weighted by atomic mass is 9.89. The van der Waals surface area contributed by atoms with Crippen LogP contribution >= 0.6 is 23.2 Å². The highest BCUT2D eigenvalue weighted by Gasteiger charge is 2.27. The molecule has 2 N–H and O–H groups in total. The number of ether oxygens (including phenoxy) is 1. The van der Waals surface area contributed by atoms with Gasteiger partial charge in [-0.1, -0.05) is 29.3 Å². The van der Waals surface area contributed by atoms with Gasteiger partial charge in [-0.25, -0.2) is 0 Å². The Morgan fingerprint density at radius 2 is 2.26 bits per heavy atom. The molecule has 1 saturated heterocycles. The summed E-state index contributed by atoms with van der Waals surface area (Å²) in [5, 5.41) is 15.1. The fourth-order valence-corrected chi connectivity index (χ4v) is 2.90. The first-order valence-corrected chi connectivity index (χ1v) is 7.19. The summed E-state index contributed by atoms with van der Waals surface area (Å²) in [7, 11) is 0. The maximum Gasteiger partial charge on any atom is 0.0676 e. The zero-order chi connectivity index (χ0) is 13.9. The van der Waals surface area contributed by atoms with Gasteiger partial charge in [0, 0.05) is 29.1 Å². The zero-order valence-electron chi connectivity index (χ0n) is 11.0. The average molecular weight is 304 g/mol. The second-order valence-electron chi connectivity index (χ2n) is 5.34. The Kier molecular flexibility index (Phi) is 5.09. The van der Waals surface area contributed by atoms with E-state index in [4.69, 9.17) is 27.9 Å². The first-order chi connectivity index (χ1) is 8.96. The van der Waals surface area contributed by atoms with Gasteiger partial charge in [0.25, 0.3) is 0 Å². The molecule has 3 nitrogen and oxygen atoms in total. The van der Waals surface area contributed by atoms with Crippen molar-refractivity contribution in [2.75, 3.05) is 19.8 Å². The molecule has 0 aromatic heterocycles. The van der Waals surface area contributed by atoms with Gasteiger partial charge in [0.05, 0.1) is 18.8 Å². The normalized spacial score (nSPS) is 23.1. The van der Waals surface area contributed by atoms with E-state index in [0.717, 1.165) is 18.7 Å². The largest absolute Gasteiger partial charge is 0.390 e. The molecule has 5 heteroatoms. The van der Waals surface area contributed by atoms with Crippen molar-refractivity contribution in [3.05, 3.63) is 33.8 Å². The molecule has 106 valence electrons. The molecule has 0 bridgehead atoms. The van der Waals surface area contributed by atoms with E-state index in [9.17, 15) is 5.11 Å². The van der Waals surface area contributed by atoms with Crippen molar-refractivity contribution >= 4 is 23.2 Å². The first kappa shape index (κ1) is 15.1. The third-order valence-electron chi connectivity index (χ3n) is 3.27. The highest BCUT2D eigenvalue weighted by molar-refractivity contribution is 6.35. The Labute approximate surface area is 123 Å². The lowest BCUT2D eigenvalue weighted by molar-refractivity contribution is 0.00652. The molecule has 2 unspecified atom stereocenters. The molecule has 2 rings (SSSR count). The van der Waals surface area contributed by atoms with Crippen LogP contribution in [0.1, 0.15) is 18.9 Å². The molecule has 1 aliphatic heterocycles. The molecule has 1 fully saturated rings. The highest BCUT2D eigenvalue weighted by Crippen LogP contribution is 2.27. The summed E-state index contributed by atoms with van der Waals surface area (Å²) < 4.78 is 5.40. The number of halogens is 2. The molecule has 0 spiro atoms. The number of nitrogens with one attached hydrogen (secondary N) is 1. The molecule has 19 heavy (non-hydrogen) atoms. The predicted molar refractivity (Wildman–Crippen MR) is 78.0 cm³/mol. The third kappa shape index (κ3) is 4.62. The topological polar surface area (TPSA) is 41.5 Å². The third-order valence-corrected chi connectivity index (χ3v) is 3.86. The molecule has 1 aromatic carbocycles. The van der Waals surface area contributed by atoms with Crippen LogP contribution in [-0.4, -0.2) is 36.5 Å². The van der Waals surface area contributed by atoms with Crippen LogP contribution in [0.5, 0.6) is 0 Å². The SMILES string of the molecule is CC(O)(Cc1ccc(Cl)cc1Cl)CC1COCCN1. The zero-order valence-corrected chi connectivity index (χ0v) is 12.5. The van der Waals surface area contributed by atoms with Gasteiger partial charge in [-0.3, -0.25) is 0 Å². The molecule has 0 amide bonds. The van der Waals surface area contributed by atoms with Crippen LogP contribution in [0.4, 0.5) is 0 Å². The lowest BCUT2D eigenvalue weighted by Gasteiger charge is -2.31. The predicted octanol–water partition coefficient (Wildman–Crippen LogP) is 2.67. The minimum absolute atomic E-state index is 0.190. The number of rotatable bonds is 4. The highest BCUT2D eigenvalue weighted by atomic mass is 35.5. The molecule has 2 atom stereocenters. The van der Waals surface area contributed by atoms with E-state index >= 15 is 0 Å². The van der Waals surface area contributed by atoms with Crippen LogP contribution in [0.3, 0.4) is 0 Å². The Morgan fingerprint density at radius 1 is 1.47 bits per heavy atom. The molecule has 1 heterocycles. The van der Waals surface area contributed by atoms with Gasteiger partial charge in [-0.05, 0) is 31.0 Å². The fourth-order valence-electron chi connectivity index (χ4n) is 2.43. The van der Waals surface area contributed by atoms with Crippen LogP contribution in [0.25, 0.3) is 0 Å². The Balaban J connectivity index is 1.99. The number of morpholine rings is 1. The van der Waals surface area contributed by atoms with Crippen molar-refractivity contribution in [2.24, 2.45) is 0 Å². The minimum atomic E-state index is -0.824. The summed E-state index contributed by atoms with van der Waals surface area (Å²) >= 11 is 12.0. The van der Waals surface area contributed by atoms with Crippen LogP contribution in [0.2, 0.25) is 10.0 Å². The number of benzene rings is 1. The van der Waals surface area contributed by atoms with Crippen molar-refractivity contribution < 1.29 is 9.84 Å². The van der Waals surface area contributed by atoms with Crippen LogP contribution in [0.15, 0.2) is 18.2 Å². The van der Waals surface area contributed by atoms with Crippen LogP contribution < -0.4 is 5.32 Å². The van der Waals surface area contributed by atoms with Crippen molar-refractivity contribution in [2.45, 2.75) is 31.4 Å². The second-order valence-corrected chi connectivity index (χ2v) is 6.18. The lowest BCUT2D eigenvalue weighted by Crippen LogP contribution is -2.46. The quantitative estimate of drug-likeness (QED) is 0.898. The van der Waals surface area contributed by atoms with E-state index in [-0.39, 0.29) is 6.04 Å². The number of aliphatic hydroxyl groups is 1. The maximum atomic E-state index is 10.5.